The van der Waals surface area contributed by atoms with Gasteiger partial charge >= 0.3 is 12.1 Å². The van der Waals surface area contributed by atoms with E-state index in [1.807, 2.05) is 12.1 Å². The lowest BCUT2D eigenvalue weighted by Crippen LogP contribution is -2.42. The van der Waals surface area contributed by atoms with Crippen LogP contribution in [-0.4, -0.2) is 29.8 Å². The monoisotopic (exact) mass is 537 g/mol. The third kappa shape index (κ3) is 5.74. The third-order valence-corrected chi connectivity index (χ3v) is 6.27. The van der Waals surface area contributed by atoms with Crippen LogP contribution in [0.15, 0.2) is 78.9 Å². The normalized spacial score (nSPS) is 13.2. The molecule has 0 unspecified atom stereocenters. The molecule has 0 saturated carbocycles. The minimum atomic E-state index is -4.46. The summed E-state index contributed by atoms with van der Waals surface area (Å²) in [5, 5.41) is 13.7. The van der Waals surface area contributed by atoms with Crippen LogP contribution in [0, 0.1) is 0 Å². The molecule has 1 amide bonds. The molecule has 39 heavy (non-hydrogen) atoms. The van der Waals surface area contributed by atoms with E-state index in [0.717, 1.165) is 17.5 Å². The Balaban J connectivity index is 1.39. The summed E-state index contributed by atoms with van der Waals surface area (Å²) in [7, 11) is 0. The van der Waals surface area contributed by atoms with Crippen molar-refractivity contribution in [2.45, 2.75) is 25.2 Å². The number of carboxylic acid groups (broad SMARTS) is 1. The Morgan fingerprint density at radius 2 is 1.64 bits per heavy atom. The van der Waals surface area contributed by atoms with Crippen molar-refractivity contribution in [3.63, 3.8) is 0 Å². The van der Waals surface area contributed by atoms with E-state index in [9.17, 15) is 27.9 Å². The Morgan fingerprint density at radius 1 is 0.923 bits per heavy atom. The van der Waals surface area contributed by atoms with E-state index < -0.39 is 29.7 Å². The zero-order valence-electron chi connectivity index (χ0n) is 20.3. The molecule has 0 bridgehead atoms. The summed E-state index contributed by atoms with van der Waals surface area (Å²) in [5.41, 5.74) is 0.411. The number of carbonyl (C=O) groups excluding carboxylic acids is 1. The van der Waals surface area contributed by atoms with Crippen molar-refractivity contribution in [2.75, 3.05) is 6.79 Å². The summed E-state index contributed by atoms with van der Waals surface area (Å²) in [6.45, 7) is -0.0267. The highest BCUT2D eigenvalue weighted by Crippen LogP contribution is 2.34. The molecule has 200 valence electrons. The third-order valence-electron chi connectivity index (χ3n) is 6.27. The van der Waals surface area contributed by atoms with Crippen molar-refractivity contribution < 1.29 is 42.1 Å². The summed E-state index contributed by atoms with van der Waals surface area (Å²) >= 11 is 0. The van der Waals surface area contributed by atoms with Crippen LogP contribution in [-0.2, 0) is 24.0 Å². The van der Waals surface area contributed by atoms with Crippen molar-refractivity contribution in [3.05, 3.63) is 101 Å². The van der Waals surface area contributed by atoms with E-state index in [2.05, 4.69) is 5.32 Å². The van der Waals surface area contributed by atoms with Crippen molar-refractivity contribution >= 4 is 22.6 Å². The first-order valence-corrected chi connectivity index (χ1v) is 11.9. The second kappa shape index (κ2) is 10.6. The number of alkyl halides is 3. The molecular weight excluding hydrogens is 515 g/mol. The lowest BCUT2D eigenvalue weighted by Gasteiger charge is -2.18. The molecule has 4 aromatic rings. The molecule has 7 nitrogen and oxygen atoms in total. The van der Waals surface area contributed by atoms with Crippen molar-refractivity contribution in [2.24, 2.45) is 0 Å². The van der Waals surface area contributed by atoms with E-state index in [-0.39, 0.29) is 31.1 Å². The molecule has 4 aromatic carbocycles. The van der Waals surface area contributed by atoms with Gasteiger partial charge in [0.1, 0.15) is 18.4 Å². The number of aliphatic carboxylic acids is 1. The van der Waals surface area contributed by atoms with E-state index in [1.54, 1.807) is 36.4 Å². The molecule has 0 radical (unpaired) electrons. The molecule has 0 aliphatic carbocycles. The number of carboxylic acids is 1. The van der Waals surface area contributed by atoms with E-state index >= 15 is 0 Å². The summed E-state index contributed by atoms with van der Waals surface area (Å²) in [4.78, 5) is 25.4. The molecule has 1 aliphatic heterocycles. The molecule has 5 rings (SSSR count). The van der Waals surface area contributed by atoms with Gasteiger partial charge in [-0.3, -0.25) is 4.79 Å². The SMILES string of the molecule is O=C(N[C@@H](Cc1ccc2c(c1)OCO2)C(=O)O)c1ccc2ccccc2c1OCc1ccc(C(F)(F)F)cc1. The standard InChI is InChI=1S/C29H22F3NO6/c30-29(31,32)20-9-5-17(6-10-20)15-37-26-21-4-2-1-3-19(21)8-11-22(26)27(34)33-23(28(35)36)13-18-7-12-24-25(14-18)39-16-38-24/h1-12,14,23H,13,15-16H2,(H,33,34)(H,35,36)/t23-/m0/s1. The van der Waals surface area contributed by atoms with Gasteiger partial charge in [-0.25, -0.2) is 4.79 Å². The molecule has 0 fully saturated rings. The van der Waals surface area contributed by atoms with Gasteiger partial charge in [-0.1, -0.05) is 48.5 Å². The van der Waals surface area contributed by atoms with E-state index in [4.69, 9.17) is 14.2 Å². The van der Waals surface area contributed by atoms with Crippen LogP contribution in [0.5, 0.6) is 17.2 Å². The van der Waals surface area contributed by atoms with Crippen LogP contribution >= 0.6 is 0 Å². The van der Waals surface area contributed by atoms with E-state index in [1.165, 1.54) is 18.2 Å². The fourth-order valence-corrected chi connectivity index (χ4v) is 4.26. The average Bonchev–Trinajstić information content (AvgIpc) is 3.39. The lowest BCUT2D eigenvalue weighted by atomic mass is 10.0. The largest absolute Gasteiger partial charge is 0.487 e. The van der Waals surface area contributed by atoms with Gasteiger partial charge in [-0.2, -0.15) is 13.2 Å². The maximum absolute atomic E-state index is 13.3. The highest BCUT2D eigenvalue weighted by molar-refractivity contribution is 6.04. The quantitative estimate of drug-likeness (QED) is 0.304. The zero-order chi connectivity index (χ0) is 27.6. The van der Waals surface area contributed by atoms with Crippen LogP contribution in [0.1, 0.15) is 27.0 Å². The Morgan fingerprint density at radius 3 is 2.38 bits per heavy atom. The number of benzene rings is 4. The maximum Gasteiger partial charge on any atom is 0.416 e. The van der Waals surface area contributed by atoms with Crippen LogP contribution in [0.25, 0.3) is 10.8 Å². The molecule has 0 spiro atoms. The molecule has 2 N–H and O–H groups in total. The van der Waals surface area contributed by atoms with Gasteiger partial charge < -0.3 is 24.6 Å². The van der Waals surface area contributed by atoms with Crippen LogP contribution in [0.2, 0.25) is 0 Å². The second-order valence-corrected chi connectivity index (χ2v) is 8.90. The van der Waals surface area contributed by atoms with Crippen LogP contribution in [0.3, 0.4) is 0 Å². The number of hydrogen-bond acceptors (Lipinski definition) is 5. The molecule has 1 aliphatic rings. The maximum atomic E-state index is 13.3. The first-order valence-electron chi connectivity index (χ1n) is 11.9. The molecule has 10 heteroatoms. The molecule has 1 heterocycles. The smallest absolute Gasteiger partial charge is 0.416 e. The van der Waals surface area contributed by atoms with Gasteiger partial charge in [0, 0.05) is 11.8 Å². The van der Waals surface area contributed by atoms with Crippen LogP contribution < -0.4 is 19.5 Å². The Kier molecular flexibility index (Phi) is 7.02. The Hall–Kier alpha value is -4.73. The number of carbonyl (C=O) groups is 2. The molecule has 0 aromatic heterocycles. The van der Waals surface area contributed by atoms with Crippen LogP contribution in [0.4, 0.5) is 13.2 Å². The molecule has 0 saturated heterocycles. The number of amides is 1. The lowest BCUT2D eigenvalue weighted by molar-refractivity contribution is -0.139. The highest BCUT2D eigenvalue weighted by atomic mass is 19.4. The minimum Gasteiger partial charge on any atom is -0.487 e. The minimum absolute atomic E-state index is 0.00691. The fourth-order valence-electron chi connectivity index (χ4n) is 4.26. The van der Waals surface area contributed by atoms with Gasteiger partial charge in [-0.05, 0) is 46.8 Å². The number of hydrogen-bond donors (Lipinski definition) is 2. The molecule has 1 atom stereocenters. The fraction of sp³-hybridized carbons (Fsp3) is 0.172. The Bertz CT molecular complexity index is 1530. The second-order valence-electron chi connectivity index (χ2n) is 8.90. The van der Waals surface area contributed by atoms with Gasteiger partial charge in [0.25, 0.3) is 5.91 Å². The van der Waals surface area contributed by atoms with Gasteiger partial charge in [0.15, 0.2) is 11.5 Å². The number of nitrogens with one attached hydrogen (secondary N) is 1. The first kappa shape index (κ1) is 25.9. The van der Waals surface area contributed by atoms with Gasteiger partial charge in [-0.15, -0.1) is 0 Å². The average molecular weight is 537 g/mol. The number of ether oxygens (including phenoxy) is 3. The summed E-state index contributed by atoms with van der Waals surface area (Å²) in [6, 6.07) is 18.7. The summed E-state index contributed by atoms with van der Waals surface area (Å²) in [5.74, 6) is -0.653. The van der Waals surface area contributed by atoms with Gasteiger partial charge in [0.2, 0.25) is 6.79 Å². The molecular formula is C29H22F3NO6. The van der Waals surface area contributed by atoms with Crippen molar-refractivity contribution in [1.29, 1.82) is 0 Å². The topological polar surface area (TPSA) is 94.1 Å². The van der Waals surface area contributed by atoms with E-state index in [0.29, 0.717) is 28.0 Å². The predicted octanol–water partition coefficient (Wildman–Crippen LogP) is 5.59. The van der Waals surface area contributed by atoms with Gasteiger partial charge in [0.05, 0.1) is 11.1 Å². The number of halogens is 3. The zero-order valence-corrected chi connectivity index (χ0v) is 20.3. The van der Waals surface area contributed by atoms with Crippen molar-refractivity contribution in [1.82, 2.24) is 5.32 Å². The first-order chi connectivity index (χ1) is 18.7. The van der Waals surface area contributed by atoms with Crippen molar-refractivity contribution in [3.8, 4) is 17.2 Å². The summed E-state index contributed by atoms with van der Waals surface area (Å²) in [6.07, 6.45) is -4.46. The number of fused-ring (bicyclic) bond motifs is 2. The Labute approximate surface area is 220 Å². The highest BCUT2D eigenvalue weighted by Gasteiger charge is 2.30. The predicted molar refractivity (Wildman–Crippen MR) is 135 cm³/mol. The summed E-state index contributed by atoms with van der Waals surface area (Å²) < 4.78 is 55.3. The number of rotatable bonds is 8.